The number of sulfonamides is 1. The lowest BCUT2D eigenvalue weighted by Crippen LogP contribution is -2.47. The van der Waals surface area contributed by atoms with Gasteiger partial charge >= 0.3 is 0 Å². The van der Waals surface area contributed by atoms with Crippen LogP contribution in [-0.2, 0) is 14.8 Å². The van der Waals surface area contributed by atoms with Crippen LogP contribution >= 0.6 is 0 Å². The molecule has 0 fully saturated rings. The molecule has 1 amide bonds. The molecule has 0 aliphatic heterocycles. The predicted molar refractivity (Wildman–Crippen MR) is 90.7 cm³/mol. The lowest BCUT2D eigenvalue weighted by atomic mass is 10.2. The van der Waals surface area contributed by atoms with Gasteiger partial charge in [0.05, 0.1) is 23.8 Å². The van der Waals surface area contributed by atoms with E-state index in [2.05, 4.69) is 10.3 Å². The van der Waals surface area contributed by atoms with Gasteiger partial charge in [0.1, 0.15) is 11.9 Å². The van der Waals surface area contributed by atoms with Crippen molar-refractivity contribution in [2.45, 2.75) is 19.4 Å². The number of nitrogens with one attached hydrogen (secondary N) is 1. The van der Waals surface area contributed by atoms with Crippen molar-refractivity contribution in [3.63, 3.8) is 0 Å². The number of para-hydroxylation sites is 1. The SMILES string of the molecule is CC[C@H](C(=O)Nc1cccnc1)N(c1ccccc1F)S(C)(=O)=O. The van der Waals surface area contributed by atoms with E-state index < -0.39 is 27.8 Å². The molecule has 2 aromatic rings. The average Bonchev–Trinajstić information content (AvgIpc) is 2.53. The lowest BCUT2D eigenvalue weighted by molar-refractivity contribution is -0.117. The van der Waals surface area contributed by atoms with Gasteiger partial charge in [-0.2, -0.15) is 0 Å². The molecule has 1 aromatic heterocycles. The average molecular weight is 351 g/mol. The molecule has 0 saturated carbocycles. The van der Waals surface area contributed by atoms with Crippen LogP contribution in [0, 0.1) is 5.82 Å². The highest BCUT2D eigenvalue weighted by Gasteiger charge is 2.33. The number of pyridine rings is 1. The summed E-state index contributed by atoms with van der Waals surface area (Å²) in [6.07, 6.45) is 4.11. The van der Waals surface area contributed by atoms with Crippen molar-refractivity contribution in [1.29, 1.82) is 0 Å². The summed E-state index contributed by atoms with van der Waals surface area (Å²) in [4.78, 5) is 16.4. The summed E-state index contributed by atoms with van der Waals surface area (Å²) >= 11 is 0. The van der Waals surface area contributed by atoms with Gasteiger partial charge in [-0.3, -0.25) is 14.1 Å². The van der Waals surface area contributed by atoms with Crippen molar-refractivity contribution < 1.29 is 17.6 Å². The molecule has 8 heteroatoms. The Balaban J connectivity index is 2.40. The van der Waals surface area contributed by atoms with Crippen LogP contribution in [0.3, 0.4) is 0 Å². The summed E-state index contributed by atoms with van der Waals surface area (Å²) in [5, 5.41) is 2.60. The summed E-state index contributed by atoms with van der Waals surface area (Å²) in [5.74, 6) is -1.27. The van der Waals surface area contributed by atoms with Crippen LogP contribution in [0.2, 0.25) is 0 Å². The molecule has 0 unspecified atom stereocenters. The van der Waals surface area contributed by atoms with Crippen LogP contribution in [0.25, 0.3) is 0 Å². The molecule has 0 saturated heterocycles. The van der Waals surface area contributed by atoms with Crippen molar-refractivity contribution in [3.05, 3.63) is 54.6 Å². The molecule has 0 radical (unpaired) electrons. The maximum atomic E-state index is 14.1. The Morgan fingerprint density at radius 3 is 2.54 bits per heavy atom. The van der Waals surface area contributed by atoms with Crippen molar-refractivity contribution in [2.75, 3.05) is 15.9 Å². The molecule has 0 spiro atoms. The molecule has 128 valence electrons. The number of rotatable bonds is 6. The fourth-order valence-corrected chi connectivity index (χ4v) is 3.54. The number of carbonyl (C=O) groups is 1. The van der Waals surface area contributed by atoms with Crippen molar-refractivity contribution in [1.82, 2.24) is 4.98 Å². The molecule has 1 N–H and O–H groups in total. The number of aromatic nitrogens is 1. The normalized spacial score (nSPS) is 12.5. The summed E-state index contributed by atoms with van der Waals surface area (Å²) in [6.45, 7) is 1.66. The van der Waals surface area contributed by atoms with Crippen LogP contribution in [0.1, 0.15) is 13.3 Å². The second kappa shape index (κ2) is 7.39. The molecule has 24 heavy (non-hydrogen) atoms. The van der Waals surface area contributed by atoms with E-state index in [4.69, 9.17) is 0 Å². The third-order valence-corrected chi connectivity index (χ3v) is 4.51. The van der Waals surface area contributed by atoms with Gasteiger partial charge in [0.15, 0.2) is 0 Å². The Morgan fingerprint density at radius 1 is 1.29 bits per heavy atom. The first-order valence-corrected chi connectivity index (χ1v) is 9.14. The number of hydrogen-bond acceptors (Lipinski definition) is 4. The Labute approximate surface area is 140 Å². The minimum absolute atomic E-state index is 0.159. The van der Waals surface area contributed by atoms with Crippen LogP contribution in [0.4, 0.5) is 15.8 Å². The Kier molecular flexibility index (Phi) is 5.50. The summed E-state index contributed by atoms with van der Waals surface area (Å²) in [6, 6.07) is 7.64. The number of nitrogens with zero attached hydrogens (tertiary/aromatic N) is 2. The fraction of sp³-hybridized carbons (Fsp3) is 0.250. The van der Waals surface area contributed by atoms with Gasteiger partial charge in [-0.15, -0.1) is 0 Å². The summed E-state index contributed by atoms with van der Waals surface area (Å²) < 4.78 is 39.3. The standard InChI is InChI=1S/C16H18FN3O3S/c1-3-14(16(21)19-12-7-6-10-18-11-12)20(24(2,22)23)15-9-5-4-8-13(15)17/h4-11,14H,3H2,1-2H3,(H,19,21)/t14-/m1/s1. The number of amides is 1. The van der Waals surface area contributed by atoms with E-state index in [0.717, 1.165) is 16.6 Å². The van der Waals surface area contributed by atoms with E-state index in [1.165, 1.54) is 24.4 Å². The van der Waals surface area contributed by atoms with E-state index in [0.29, 0.717) is 5.69 Å². The van der Waals surface area contributed by atoms with Crippen LogP contribution < -0.4 is 9.62 Å². The third-order valence-electron chi connectivity index (χ3n) is 3.35. The highest BCUT2D eigenvalue weighted by Crippen LogP contribution is 2.25. The molecule has 6 nitrogen and oxygen atoms in total. The van der Waals surface area contributed by atoms with E-state index in [1.807, 2.05) is 0 Å². The minimum atomic E-state index is -3.87. The van der Waals surface area contributed by atoms with Gasteiger partial charge in [-0.1, -0.05) is 19.1 Å². The summed E-state index contributed by atoms with van der Waals surface area (Å²) in [5.41, 5.74) is 0.274. The van der Waals surface area contributed by atoms with Crippen LogP contribution in [0.5, 0.6) is 0 Å². The lowest BCUT2D eigenvalue weighted by Gasteiger charge is -2.30. The predicted octanol–water partition coefficient (Wildman–Crippen LogP) is 2.40. The molecular formula is C16H18FN3O3S. The Morgan fingerprint density at radius 2 is 2.00 bits per heavy atom. The highest BCUT2D eigenvalue weighted by molar-refractivity contribution is 7.92. The monoisotopic (exact) mass is 351 g/mol. The molecule has 1 aromatic carbocycles. The largest absolute Gasteiger partial charge is 0.323 e. The summed E-state index contributed by atoms with van der Waals surface area (Å²) in [7, 11) is -3.87. The van der Waals surface area contributed by atoms with Gasteiger partial charge < -0.3 is 5.32 Å². The second-order valence-corrected chi connectivity index (χ2v) is 7.02. The molecule has 0 aliphatic carbocycles. The first-order valence-electron chi connectivity index (χ1n) is 7.29. The zero-order chi connectivity index (χ0) is 17.7. The molecule has 0 bridgehead atoms. The number of benzene rings is 1. The van der Waals surface area contributed by atoms with Crippen molar-refractivity contribution in [2.24, 2.45) is 0 Å². The van der Waals surface area contributed by atoms with E-state index >= 15 is 0 Å². The first-order chi connectivity index (χ1) is 11.3. The Bertz CT molecular complexity index is 812. The van der Waals surface area contributed by atoms with Gasteiger partial charge in [0.25, 0.3) is 0 Å². The van der Waals surface area contributed by atoms with E-state index in [1.54, 1.807) is 25.3 Å². The van der Waals surface area contributed by atoms with E-state index in [-0.39, 0.29) is 12.1 Å². The van der Waals surface area contributed by atoms with Gasteiger partial charge in [-0.05, 0) is 30.7 Å². The second-order valence-electron chi connectivity index (χ2n) is 5.17. The zero-order valence-electron chi connectivity index (χ0n) is 13.3. The number of anilines is 2. The van der Waals surface area contributed by atoms with Gasteiger partial charge in [0.2, 0.25) is 15.9 Å². The Hall–Kier alpha value is -2.48. The zero-order valence-corrected chi connectivity index (χ0v) is 14.1. The number of hydrogen-bond donors (Lipinski definition) is 1. The molecular weight excluding hydrogens is 333 g/mol. The molecule has 1 heterocycles. The fourth-order valence-electron chi connectivity index (χ4n) is 2.33. The van der Waals surface area contributed by atoms with Gasteiger partial charge in [0, 0.05) is 6.20 Å². The number of carbonyl (C=O) groups excluding carboxylic acids is 1. The van der Waals surface area contributed by atoms with Gasteiger partial charge in [-0.25, -0.2) is 12.8 Å². The van der Waals surface area contributed by atoms with Crippen molar-refractivity contribution >= 4 is 27.3 Å². The maximum Gasteiger partial charge on any atom is 0.248 e. The molecule has 2 rings (SSSR count). The first kappa shape index (κ1) is 17.9. The quantitative estimate of drug-likeness (QED) is 0.867. The third kappa shape index (κ3) is 4.08. The van der Waals surface area contributed by atoms with Crippen LogP contribution in [0.15, 0.2) is 48.8 Å². The maximum absolute atomic E-state index is 14.1. The van der Waals surface area contributed by atoms with Crippen LogP contribution in [-0.4, -0.2) is 31.6 Å². The smallest absolute Gasteiger partial charge is 0.248 e. The minimum Gasteiger partial charge on any atom is -0.323 e. The molecule has 0 aliphatic rings. The highest BCUT2D eigenvalue weighted by atomic mass is 32.2. The van der Waals surface area contributed by atoms with E-state index in [9.17, 15) is 17.6 Å². The number of halogens is 1. The molecule has 1 atom stereocenters. The van der Waals surface area contributed by atoms with Crippen molar-refractivity contribution in [3.8, 4) is 0 Å². The topological polar surface area (TPSA) is 79.4 Å².